The van der Waals surface area contributed by atoms with Gasteiger partial charge in [-0.2, -0.15) is 0 Å². The predicted molar refractivity (Wildman–Crippen MR) is 75.8 cm³/mol. The zero-order valence-electron chi connectivity index (χ0n) is 9.38. The van der Waals surface area contributed by atoms with E-state index in [9.17, 15) is 9.18 Å². The number of amides is 1. The molecule has 1 amide bonds. The monoisotopic (exact) mass is 317 g/mol. The van der Waals surface area contributed by atoms with Crippen LogP contribution < -0.4 is 5.32 Å². The summed E-state index contributed by atoms with van der Waals surface area (Å²) in [5.41, 5.74) is 0.323. The van der Waals surface area contributed by atoms with E-state index >= 15 is 0 Å². The lowest BCUT2D eigenvalue weighted by Crippen LogP contribution is -2.12. The highest BCUT2D eigenvalue weighted by Gasteiger charge is 2.11. The highest BCUT2D eigenvalue weighted by atomic mass is 35.5. The molecular weight excluding hydrogens is 312 g/mol. The topological polar surface area (TPSA) is 29.1 Å². The Balaban J connectivity index is 2.23. The van der Waals surface area contributed by atoms with E-state index in [1.807, 2.05) is 0 Å². The van der Waals surface area contributed by atoms with E-state index in [4.69, 9.17) is 34.8 Å². The van der Waals surface area contributed by atoms with Crippen LogP contribution >= 0.6 is 34.8 Å². The molecule has 0 aliphatic heterocycles. The second kappa shape index (κ2) is 5.78. The summed E-state index contributed by atoms with van der Waals surface area (Å²) in [6.07, 6.45) is 0. The second-order valence-electron chi connectivity index (χ2n) is 3.71. The lowest BCUT2D eigenvalue weighted by atomic mass is 10.2. The normalized spacial score (nSPS) is 10.3. The van der Waals surface area contributed by atoms with E-state index in [-0.39, 0.29) is 21.3 Å². The van der Waals surface area contributed by atoms with E-state index in [1.54, 1.807) is 0 Å². The van der Waals surface area contributed by atoms with Crippen molar-refractivity contribution < 1.29 is 9.18 Å². The van der Waals surface area contributed by atoms with Crippen LogP contribution in [0.3, 0.4) is 0 Å². The van der Waals surface area contributed by atoms with Gasteiger partial charge in [0.05, 0.1) is 15.7 Å². The molecule has 2 rings (SSSR count). The van der Waals surface area contributed by atoms with Gasteiger partial charge in [-0.1, -0.05) is 34.8 Å². The summed E-state index contributed by atoms with van der Waals surface area (Å²) in [6.45, 7) is 0. The fourth-order valence-corrected chi connectivity index (χ4v) is 1.88. The standard InChI is InChI=1S/C13H7Cl3FNO/c14-8-2-4-12(11(17)6-8)18-13(19)7-1-3-9(15)10(16)5-7/h1-6H,(H,18,19). The van der Waals surface area contributed by atoms with Crippen LogP contribution in [0.25, 0.3) is 0 Å². The van der Waals surface area contributed by atoms with E-state index in [0.29, 0.717) is 5.02 Å². The lowest BCUT2D eigenvalue weighted by molar-refractivity contribution is 0.102. The Morgan fingerprint density at radius 1 is 1.00 bits per heavy atom. The molecule has 0 aromatic heterocycles. The summed E-state index contributed by atoms with van der Waals surface area (Å²) in [5, 5.41) is 3.28. The van der Waals surface area contributed by atoms with Gasteiger partial charge in [0.25, 0.3) is 5.91 Å². The van der Waals surface area contributed by atoms with Crippen LogP contribution in [0.15, 0.2) is 36.4 Å². The lowest BCUT2D eigenvalue weighted by Gasteiger charge is -2.07. The number of hydrogen-bond donors (Lipinski definition) is 1. The van der Waals surface area contributed by atoms with Gasteiger partial charge >= 0.3 is 0 Å². The summed E-state index contributed by atoms with van der Waals surface area (Å²) in [6, 6.07) is 8.38. The maximum Gasteiger partial charge on any atom is 0.255 e. The van der Waals surface area contributed by atoms with Crippen molar-refractivity contribution in [1.82, 2.24) is 0 Å². The molecule has 0 unspecified atom stereocenters. The fourth-order valence-electron chi connectivity index (χ4n) is 1.42. The second-order valence-corrected chi connectivity index (χ2v) is 4.96. The summed E-state index contributed by atoms with van der Waals surface area (Å²) >= 11 is 17.2. The minimum atomic E-state index is -0.610. The van der Waals surface area contributed by atoms with Gasteiger partial charge in [-0.25, -0.2) is 4.39 Å². The Bertz CT molecular complexity index is 646. The van der Waals surface area contributed by atoms with Gasteiger partial charge in [-0.05, 0) is 36.4 Å². The molecule has 0 fully saturated rings. The highest BCUT2D eigenvalue weighted by molar-refractivity contribution is 6.42. The van der Waals surface area contributed by atoms with E-state index in [0.717, 1.165) is 6.07 Å². The van der Waals surface area contributed by atoms with Crippen molar-refractivity contribution >= 4 is 46.4 Å². The van der Waals surface area contributed by atoms with Crippen LogP contribution in [0.5, 0.6) is 0 Å². The molecule has 0 radical (unpaired) electrons. The van der Waals surface area contributed by atoms with Crippen molar-refractivity contribution in [3.63, 3.8) is 0 Å². The van der Waals surface area contributed by atoms with Crippen molar-refractivity contribution in [2.75, 3.05) is 5.32 Å². The average Bonchev–Trinajstić information content (AvgIpc) is 2.36. The zero-order valence-corrected chi connectivity index (χ0v) is 11.7. The largest absolute Gasteiger partial charge is 0.319 e. The smallest absolute Gasteiger partial charge is 0.255 e. The minimum Gasteiger partial charge on any atom is -0.319 e. The third-order valence-electron chi connectivity index (χ3n) is 2.36. The molecule has 0 spiro atoms. The maximum absolute atomic E-state index is 13.5. The van der Waals surface area contributed by atoms with Gasteiger partial charge in [0.2, 0.25) is 0 Å². The number of hydrogen-bond acceptors (Lipinski definition) is 1. The fraction of sp³-hybridized carbons (Fsp3) is 0. The van der Waals surface area contributed by atoms with Gasteiger partial charge < -0.3 is 5.32 Å². The average molecular weight is 319 g/mol. The number of anilines is 1. The number of carbonyl (C=O) groups excluding carboxylic acids is 1. The third kappa shape index (κ3) is 3.38. The SMILES string of the molecule is O=C(Nc1ccc(Cl)cc1F)c1ccc(Cl)c(Cl)c1. The number of nitrogens with one attached hydrogen (secondary N) is 1. The molecule has 6 heteroatoms. The number of rotatable bonds is 2. The zero-order chi connectivity index (χ0) is 14.0. The summed E-state index contributed by atoms with van der Waals surface area (Å²) < 4.78 is 13.5. The molecule has 98 valence electrons. The molecule has 1 N–H and O–H groups in total. The number of halogens is 4. The minimum absolute atomic E-state index is 0.0421. The maximum atomic E-state index is 13.5. The van der Waals surface area contributed by atoms with Crippen molar-refractivity contribution in [2.24, 2.45) is 0 Å². The van der Waals surface area contributed by atoms with Crippen molar-refractivity contribution in [2.45, 2.75) is 0 Å². The van der Waals surface area contributed by atoms with Gasteiger partial charge in [0.1, 0.15) is 5.82 Å². The Hall–Kier alpha value is -1.29. The molecule has 0 saturated heterocycles. The molecule has 2 aromatic rings. The molecule has 2 aromatic carbocycles. The first-order valence-corrected chi connectivity index (χ1v) is 6.32. The van der Waals surface area contributed by atoms with Crippen LogP contribution in [0, 0.1) is 5.82 Å². The number of benzene rings is 2. The van der Waals surface area contributed by atoms with E-state index < -0.39 is 11.7 Å². The van der Waals surface area contributed by atoms with Gasteiger partial charge in [-0.3, -0.25) is 4.79 Å². The van der Waals surface area contributed by atoms with Crippen LogP contribution in [-0.4, -0.2) is 5.91 Å². The van der Waals surface area contributed by atoms with Crippen molar-refractivity contribution in [1.29, 1.82) is 0 Å². The summed E-state index contributed by atoms with van der Waals surface area (Å²) in [4.78, 5) is 11.9. The molecule has 0 aliphatic carbocycles. The van der Waals surface area contributed by atoms with Crippen LogP contribution in [0.1, 0.15) is 10.4 Å². The third-order valence-corrected chi connectivity index (χ3v) is 3.34. The molecule has 0 bridgehead atoms. The Morgan fingerprint density at radius 3 is 2.37 bits per heavy atom. The Kier molecular flexibility index (Phi) is 4.30. The molecule has 0 saturated carbocycles. The van der Waals surface area contributed by atoms with Crippen LogP contribution in [0.4, 0.5) is 10.1 Å². The van der Waals surface area contributed by atoms with Crippen LogP contribution in [0.2, 0.25) is 15.1 Å². The Labute approximate surface area is 124 Å². The van der Waals surface area contributed by atoms with Crippen molar-refractivity contribution in [3.8, 4) is 0 Å². The van der Waals surface area contributed by atoms with Gasteiger partial charge in [-0.15, -0.1) is 0 Å². The molecule has 19 heavy (non-hydrogen) atoms. The van der Waals surface area contributed by atoms with Gasteiger partial charge in [0.15, 0.2) is 0 Å². The summed E-state index contributed by atoms with van der Waals surface area (Å²) in [5.74, 6) is -1.10. The van der Waals surface area contributed by atoms with E-state index in [1.165, 1.54) is 30.3 Å². The van der Waals surface area contributed by atoms with Gasteiger partial charge in [0, 0.05) is 10.6 Å². The molecular formula is C13H7Cl3FNO. The first-order chi connectivity index (χ1) is 8.97. The first-order valence-electron chi connectivity index (χ1n) is 5.19. The molecule has 2 nitrogen and oxygen atoms in total. The predicted octanol–water partition coefficient (Wildman–Crippen LogP) is 5.04. The van der Waals surface area contributed by atoms with E-state index in [2.05, 4.69) is 5.32 Å². The number of carbonyl (C=O) groups is 1. The Morgan fingerprint density at radius 2 is 1.74 bits per heavy atom. The highest BCUT2D eigenvalue weighted by Crippen LogP contribution is 2.24. The quantitative estimate of drug-likeness (QED) is 0.826. The van der Waals surface area contributed by atoms with Crippen molar-refractivity contribution in [3.05, 3.63) is 62.8 Å². The first kappa shape index (κ1) is 14.1. The molecule has 0 aliphatic rings. The summed E-state index contributed by atoms with van der Waals surface area (Å²) in [7, 11) is 0. The van der Waals surface area contributed by atoms with Crippen LogP contribution in [-0.2, 0) is 0 Å². The molecule has 0 heterocycles. The molecule has 0 atom stereocenters.